The number of amides is 1. The van der Waals surface area contributed by atoms with Crippen LogP contribution in [0.15, 0.2) is 24.3 Å². The molecule has 4 unspecified atom stereocenters. The van der Waals surface area contributed by atoms with Crippen LogP contribution in [-0.2, 0) is 9.53 Å². The molecule has 0 spiro atoms. The largest absolute Gasteiger partial charge is 0.394 e. The molecule has 9 heteroatoms. The van der Waals surface area contributed by atoms with Crippen LogP contribution in [0.5, 0.6) is 0 Å². The fourth-order valence-electron chi connectivity index (χ4n) is 2.54. The first-order valence-corrected chi connectivity index (χ1v) is 8.48. The lowest BCUT2D eigenvalue weighted by atomic mass is 9.94. The van der Waals surface area contributed by atoms with Gasteiger partial charge in [-0.1, -0.05) is 24.3 Å². The first-order chi connectivity index (χ1) is 12.2. The van der Waals surface area contributed by atoms with E-state index in [2.05, 4.69) is 5.32 Å². The molecule has 1 aliphatic heterocycles. The van der Waals surface area contributed by atoms with E-state index in [0.717, 1.165) is 0 Å². The van der Waals surface area contributed by atoms with E-state index >= 15 is 0 Å². The average molecular weight is 375 g/mol. The second-order valence-corrected chi connectivity index (χ2v) is 6.28. The third kappa shape index (κ3) is 6.13. The number of hydrogen-bond acceptors (Lipinski definition) is 8. The third-order valence-electron chi connectivity index (χ3n) is 4.17. The summed E-state index contributed by atoms with van der Waals surface area (Å²) in [4.78, 5) is 11.9. The van der Waals surface area contributed by atoms with Crippen LogP contribution in [0.3, 0.4) is 0 Å². The number of carbonyl (C=O) groups excluding carboxylic acids is 1. The van der Waals surface area contributed by atoms with E-state index in [9.17, 15) is 35.4 Å². The lowest BCUT2D eigenvalue weighted by Crippen LogP contribution is -2.58. The minimum atomic E-state index is -1.53. The van der Waals surface area contributed by atoms with Crippen LogP contribution >= 0.6 is 0 Å². The van der Waals surface area contributed by atoms with Crippen molar-refractivity contribution >= 4 is 5.91 Å². The highest BCUT2D eigenvalue weighted by Crippen LogP contribution is 2.22. The minimum Gasteiger partial charge on any atom is -0.394 e. The Labute approximate surface area is 152 Å². The molecule has 0 aromatic rings. The summed E-state index contributed by atoms with van der Waals surface area (Å²) in [5, 5.41) is 60.9. The number of ether oxygens (including phenoxy) is 1. The van der Waals surface area contributed by atoms with Gasteiger partial charge in [-0.3, -0.25) is 4.79 Å². The molecule has 0 radical (unpaired) electrons. The summed E-state index contributed by atoms with van der Waals surface area (Å²) >= 11 is 0. The molecule has 0 saturated carbocycles. The Balaban J connectivity index is 2.89. The molecule has 0 aliphatic carbocycles. The van der Waals surface area contributed by atoms with Crippen LogP contribution in [0, 0.1) is 0 Å². The van der Waals surface area contributed by atoms with Crippen LogP contribution in [0.1, 0.15) is 20.3 Å². The Bertz CT molecular complexity index is 493. The summed E-state index contributed by atoms with van der Waals surface area (Å²) in [6.07, 6.45) is -3.02. The Morgan fingerprint density at radius 1 is 1.19 bits per heavy atom. The van der Waals surface area contributed by atoms with Gasteiger partial charge in [0, 0.05) is 6.42 Å². The monoisotopic (exact) mass is 375 g/mol. The summed E-state index contributed by atoms with van der Waals surface area (Å²) in [6, 6.07) is -0.972. The Kier molecular flexibility index (Phi) is 9.37. The second kappa shape index (κ2) is 10.7. The van der Waals surface area contributed by atoms with E-state index in [1.165, 1.54) is 19.1 Å². The normalized spacial score (nSPS) is 33.3. The molecule has 26 heavy (non-hydrogen) atoms. The number of aliphatic hydroxyl groups excluding tert-OH is 6. The predicted molar refractivity (Wildman–Crippen MR) is 92.0 cm³/mol. The number of allylic oxidation sites excluding steroid dienone is 1. The maximum Gasteiger partial charge on any atom is 0.224 e. The number of nitrogens with one attached hydrogen (secondary N) is 1. The van der Waals surface area contributed by atoms with E-state index < -0.39 is 55.4 Å². The van der Waals surface area contributed by atoms with Crippen LogP contribution in [0.2, 0.25) is 0 Å². The quantitative estimate of drug-likeness (QED) is 0.231. The van der Waals surface area contributed by atoms with Gasteiger partial charge in [0.05, 0.1) is 18.8 Å². The fourth-order valence-corrected chi connectivity index (χ4v) is 2.54. The third-order valence-corrected chi connectivity index (χ3v) is 4.17. The van der Waals surface area contributed by atoms with E-state index in [4.69, 9.17) is 4.74 Å². The summed E-state index contributed by atoms with van der Waals surface area (Å²) < 4.78 is 5.33. The molecule has 1 saturated heterocycles. The highest BCUT2D eigenvalue weighted by Gasteiger charge is 2.42. The van der Waals surface area contributed by atoms with E-state index in [0.29, 0.717) is 0 Å². The lowest BCUT2D eigenvalue weighted by molar-refractivity contribution is -0.216. The summed E-state index contributed by atoms with van der Waals surface area (Å²) in [6.45, 7) is 2.56. The molecular formula is C17H29NO8. The highest BCUT2D eigenvalue weighted by atomic mass is 16.5. The molecule has 1 aliphatic rings. The summed E-state index contributed by atoms with van der Waals surface area (Å²) in [5.74, 6) is -0.383. The molecule has 7 N–H and O–H groups in total. The standard InChI is InChI=1S/C17H29NO8/c1-3-4-5-13(21)18-10(14(22)9(2)20)6-7-11-15(23)17(25)16(24)12(8-19)26-11/h3-4,6-7,9-12,14-17,19-20,22-25H,5,8H2,1-2H3,(H,18,21)/b4-3+,7-6+/t9-,10+,11-,12?,14?,15?,16+,17?/m1/s1. The SMILES string of the molecule is C/C=C/CC(=O)N[C@@H](/C=C/[C@H]1OC(CO)[C@H](O)C(O)C1O)C(O)[C@@H](C)O. The van der Waals surface area contributed by atoms with Gasteiger partial charge in [-0.05, 0) is 13.8 Å². The van der Waals surface area contributed by atoms with Crippen molar-refractivity contribution < 1.29 is 40.2 Å². The van der Waals surface area contributed by atoms with Gasteiger partial charge < -0.3 is 40.7 Å². The lowest BCUT2D eigenvalue weighted by Gasteiger charge is -2.39. The summed E-state index contributed by atoms with van der Waals surface area (Å²) in [7, 11) is 0. The molecule has 1 heterocycles. The van der Waals surface area contributed by atoms with Crippen molar-refractivity contribution in [1.29, 1.82) is 0 Å². The van der Waals surface area contributed by atoms with Crippen molar-refractivity contribution in [3.05, 3.63) is 24.3 Å². The van der Waals surface area contributed by atoms with Crippen molar-refractivity contribution in [2.24, 2.45) is 0 Å². The van der Waals surface area contributed by atoms with Gasteiger partial charge in [0.1, 0.15) is 36.6 Å². The van der Waals surface area contributed by atoms with Gasteiger partial charge in [0.25, 0.3) is 0 Å². The number of hydrogen-bond donors (Lipinski definition) is 7. The molecule has 1 rings (SSSR count). The van der Waals surface area contributed by atoms with Crippen molar-refractivity contribution in [3.63, 3.8) is 0 Å². The van der Waals surface area contributed by atoms with Gasteiger partial charge in [-0.15, -0.1) is 0 Å². The molecular weight excluding hydrogens is 346 g/mol. The van der Waals surface area contributed by atoms with Crippen LogP contribution in [-0.4, -0.2) is 91.9 Å². The Hall–Kier alpha value is -1.33. The van der Waals surface area contributed by atoms with Gasteiger partial charge in [0.2, 0.25) is 5.91 Å². The summed E-state index contributed by atoms with van der Waals surface area (Å²) in [5.41, 5.74) is 0. The molecule has 150 valence electrons. The van der Waals surface area contributed by atoms with Crippen molar-refractivity contribution in [2.75, 3.05) is 6.61 Å². The molecule has 8 atom stereocenters. The van der Waals surface area contributed by atoms with Crippen molar-refractivity contribution in [2.45, 2.75) is 69.0 Å². The second-order valence-electron chi connectivity index (χ2n) is 6.28. The zero-order valence-corrected chi connectivity index (χ0v) is 14.8. The zero-order chi connectivity index (χ0) is 19.9. The van der Waals surface area contributed by atoms with Crippen molar-refractivity contribution in [1.82, 2.24) is 5.32 Å². The molecule has 1 fully saturated rings. The van der Waals surface area contributed by atoms with Gasteiger partial charge in [0.15, 0.2) is 0 Å². The molecule has 1 amide bonds. The van der Waals surface area contributed by atoms with E-state index in [1.807, 2.05) is 0 Å². The number of carbonyl (C=O) groups is 1. The predicted octanol–water partition coefficient (Wildman–Crippen LogP) is -2.42. The topological polar surface area (TPSA) is 160 Å². The number of aliphatic hydroxyl groups is 6. The first kappa shape index (κ1) is 22.7. The molecule has 0 aromatic heterocycles. The number of rotatable bonds is 8. The first-order valence-electron chi connectivity index (χ1n) is 8.48. The van der Waals surface area contributed by atoms with E-state index in [-0.39, 0.29) is 12.3 Å². The van der Waals surface area contributed by atoms with Crippen LogP contribution in [0.25, 0.3) is 0 Å². The zero-order valence-electron chi connectivity index (χ0n) is 14.8. The molecule has 0 bridgehead atoms. The van der Waals surface area contributed by atoms with Gasteiger partial charge in [-0.25, -0.2) is 0 Å². The maximum atomic E-state index is 11.9. The van der Waals surface area contributed by atoms with Gasteiger partial charge >= 0.3 is 0 Å². The Morgan fingerprint density at radius 2 is 1.85 bits per heavy atom. The molecule has 9 nitrogen and oxygen atoms in total. The Morgan fingerprint density at radius 3 is 2.38 bits per heavy atom. The average Bonchev–Trinajstić information content (AvgIpc) is 2.62. The van der Waals surface area contributed by atoms with E-state index in [1.54, 1.807) is 19.1 Å². The highest BCUT2D eigenvalue weighted by molar-refractivity contribution is 5.78. The molecule has 0 aromatic carbocycles. The van der Waals surface area contributed by atoms with Gasteiger partial charge in [-0.2, -0.15) is 0 Å². The fraction of sp³-hybridized carbons (Fsp3) is 0.706. The van der Waals surface area contributed by atoms with Crippen molar-refractivity contribution in [3.8, 4) is 0 Å². The van der Waals surface area contributed by atoms with Crippen LogP contribution in [0.4, 0.5) is 0 Å². The maximum absolute atomic E-state index is 11.9. The van der Waals surface area contributed by atoms with Crippen LogP contribution < -0.4 is 5.32 Å². The minimum absolute atomic E-state index is 0.0907. The smallest absolute Gasteiger partial charge is 0.224 e.